The smallest absolute Gasteiger partial charge is 0.373 e. The number of hydrogen-bond donors (Lipinski definition) is 1. The van der Waals surface area contributed by atoms with E-state index in [-0.39, 0.29) is 11.9 Å². The number of nitrogens with zero attached hydrogens (tertiary/aromatic N) is 2. The zero-order chi connectivity index (χ0) is 15.8. The first-order valence-corrected chi connectivity index (χ1v) is 7.26. The average Bonchev–Trinajstić information content (AvgIpc) is 2.41. The molecule has 3 nitrogen and oxygen atoms in total. The van der Waals surface area contributed by atoms with Crippen molar-refractivity contribution >= 4 is 11.6 Å². The first kappa shape index (κ1) is 15.9. The standard InChI is InChI=1S/C15H22F3N3/c1-9-5-10(2)11(3)21(8-9)14-7-12(15(16,17)18)6-13(19-4)20-14/h6-7,9-11H,5,8H2,1-4H3,(H,19,20). The van der Waals surface area contributed by atoms with Crippen LogP contribution in [0.2, 0.25) is 0 Å². The van der Waals surface area contributed by atoms with Crippen LogP contribution in [0.5, 0.6) is 0 Å². The van der Waals surface area contributed by atoms with Gasteiger partial charge in [0.15, 0.2) is 0 Å². The van der Waals surface area contributed by atoms with Crippen molar-refractivity contribution in [2.75, 3.05) is 23.8 Å². The number of nitrogens with one attached hydrogen (secondary N) is 1. The van der Waals surface area contributed by atoms with E-state index >= 15 is 0 Å². The SMILES string of the molecule is CNc1cc(C(F)(F)F)cc(N2CC(C)CC(C)C2C)n1. The molecule has 118 valence electrons. The summed E-state index contributed by atoms with van der Waals surface area (Å²) in [5.41, 5.74) is -0.657. The molecule has 3 atom stereocenters. The summed E-state index contributed by atoms with van der Waals surface area (Å²) >= 11 is 0. The van der Waals surface area contributed by atoms with Crippen LogP contribution >= 0.6 is 0 Å². The highest BCUT2D eigenvalue weighted by Crippen LogP contribution is 2.36. The van der Waals surface area contributed by atoms with Crippen LogP contribution in [0.4, 0.5) is 24.8 Å². The Kier molecular flexibility index (Phi) is 4.35. The second kappa shape index (κ2) is 5.73. The molecule has 1 aliphatic heterocycles. The van der Waals surface area contributed by atoms with Gasteiger partial charge in [-0.3, -0.25) is 0 Å². The van der Waals surface area contributed by atoms with Crippen molar-refractivity contribution in [3.05, 3.63) is 17.7 Å². The highest BCUT2D eigenvalue weighted by atomic mass is 19.4. The maximum atomic E-state index is 13.0. The van der Waals surface area contributed by atoms with Crippen molar-refractivity contribution in [3.63, 3.8) is 0 Å². The van der Waals surface area contributed by atoms with Gasteiger partial charge in [0.05, 0.1) is 5.56 Å². The van der Waals surface area contributed by atoms with E-state index in [0.29, 0.717) is 17.7 Å². The molecule has 0 radical (unpaired) electrons. The van der Waals surface area contributed by atoms with Crippen molar-refractivity contribution in [2.45, 2.75) is 39.4 Å². The van der Waals surface area contributed by atoms with Crippen LogP contribution in [0.25, 0.3) is 0 Å². The number of aromatic nitrogens is 1. The molecule has 3 unspecified atom stereocenters. The largest absolute Gasteiger partial charge is 0.416 e. The zero-order valence-electron chi connectivity index (χ0n) is 12.8. The fourth-order valence-electron chi connectivity index (χ4n) is 2.97. The number of anilines is 2. The van der Waals surface area contributed by atoms with E-state index in [1.807, 2.05) is 4.90 Å². The van der Waals surface area contributed by atoms with E-state index in [2.05, 4.69) is 31.1 Å². The molecule has 1 fully saturated rings. The summed E-state index contributed by atoms with van der Waals surface area (Å²) in [6, 6.07) is 2.38. The molecular formula is C15H22F3N3. The molecule has 0 aliphatic carbocycles. The lowest BCUT2D eigenvalue weighted by Gasteiger charge is -2.42. The monoisotopic (exact) mass is 301 g/mol. The van der Waals surface area contributed by atoms with Crippen LogP contribution in [0.3, 0.4) is 0 Å². The molecular weight excluding hydrogens is 279 g/mol. The predicted molar refractivity (Wildman–Crippen MR) is 78.5 cm³/mol. The Hall–Kier alpha value is -1.46. The average molecular weight is 301 g/mol. The van der Waals surface area contributed by atoms with Crippen molar-refractivity contribution in [1.82, 2.24) is 4.98 Å². The van der Waals surface area contributed by atoms with Gasteiger partial charge in [-0.1, -0.05) is 13.8 Å². The molecule has 0 aromatic carbocycles. The molecule has 6 heteroatoms. The van der Waals surface area contributed by atoms with Gasteiger partial charge in [0.2, 0.25) is 0 Å². The molecule has 0 bridgehead atoms. The first-order chi connectivity index (χ1) is 9.72. The zero-order valence-corrected chi connectivity index (χ0v) is 12.8. The van der Waals surface area contributed by atoms with Crippen LogP contribution in [-0.4, -0.2) is 24.6 Å². The summed E-state index contributed by atoms with van der Waals surface area (Å²) in [7, 11) is 1.58. The van der Waals surface area contributed by atoms with E-state index in [9.17, 15) is 13.2 Å². The van der Waals surface area contributed by atoms with Gasteiger partial charge in [0.25, 0.3) is 0 Å². The van der Waals surface area contributed by atoms with Gasteiger partial charge in [-0.2, -0.15) is 13.2 Å². The van der Waals surface area contributed by atoms with Crippen LogP contribution in [0.1, 0.15) is 32.8 Å². The quantitative estimate of drug-likeness (QED) is 0.894. The van der Waals surface area contributed by atoms with Crippen LogP contribution in [-0.2, 0) is 6.18 Å². The van der Waals surface area contributed by atoms with Gasteiger partial charge in [0.1, 0.15) is 11.6 Å². The summed E-state index contributed by atoms with van der Waals surface area (Å²) in [6.45, 7) is 7.06. The molecule has 1 aromatic heterocycles. The Morgan fingerprint density at radius 2 is 1.90 bits per heavy atom. The number of piperidine rings is 1. The summed E-state index contributed by atoms with van der Waals surface area (Å²) in [4.78, 5) is 6.32. The molecule has 1 saturated heterocycles. The third kappa shape index (κ3) is 3.41. The maximum Gasteiger partial charge on any atom is 0.416 e. The molecule has 1 N–H and O–H groups in total. The molecule has 0 saturated carbocycles. The minimum absolute atomic E-state index is 0.182. The number of hydrogen-bond acceptors (Lipinski definition) is 3. The highest BCUT2D eigenvalue weighted by molar-refractivity contribution is 5.52. The predicted octanol–water partition coefficient (Wildman–Crippen LogP) is 4.01. The minimum atomic E-state index is -4.36. The summed E-state index contributed by atoms with van der Waals surface area (Å²) < 4.78 is 39.1. The number of alkyl halides is 3. The van der Waals surface area contributed by atoms with E-state index in [0.717, 1.165) is 25.1 Å². The number of halogens is 3. The normalized spacial score (nSPS) is 26.8. The summed E-state index contributed by atoms with van der Waals surface area (Å²) in [5, 5.41) is 2.72. The molecule has 2 rings (SSSR count). The maximum absolute atomic E-state index is 13.0. The Balaban J connectivity index is 2.42. The molecule has 2 heterocycles. The van der Waals surface area contributed by atoms with E-state index < -0.39 is 11.7 Å². The molecule has 1 aromatic rings. The first-order valence-electron chi connectivity index (χ1n) is 7.26. The lowest BCUT2D eigenvalue weighted by molar-refractivity contribution is -0.137. The van der Waals surface area contributed by atoms with Gasteiger partial charge in [-0.15, -0.1) is 0 Å². The topological polar surface area (TPSA) is 28.2 Å². The molecule has 21 heavy (non-hydrogen) atoms. The summed E-state index contributed by atoms with van der Waals surface area (Å²) in [6.07, 6.45) is -3.27. The van der Waals surface area contributed by atoms with Crippen molar-refractivity contribution in [3.8, 4) is 0 Å². The fraction of sp³-hybridized carbons (Fsp3) is 0.667. The van der Waals surface area contributed by atoms with E-state index in [1.165, 1.54) is 0 Å². The summed E-state index contributed by atoms with van der Waals surface area (Å²) in [5.74, 6) is 1.53. The Bertz CT molecular complexity index is 501. The van der Waals surface area contributed by atoms with E-state index in [1.54, 1.807) is 7.05 Å². The second-order valence-corrected chi connectivity index (χ2v) is 6.06. The van der Waals surface area contributed by atoms with Gasteiger partial charge in [0, 0.05) is 19.6 Å². The van der Waals surface area contributed by atoms with E-state index in [4.69, 9.17) is 0 Å². The Labute approximate surface area is 123 Å². The van der Waals surface area contributed by atoms with Gasteiger partial charge in [-0.05, 0) is 37.3 Å². The molecule has 1 aliphatic rings. The Morgan fingerprint density at radius 1 is 1.24 bits per heavy atom. The van der Waals surface area contributed by atoms with Crippen molar-refractivity contribution in [2.24, 2.45) is 11.8 Å². The van der Waals surface area contributed by atoms with Crippen LogP contribution < -0.4 is 10.2 Å². The molecule has 0 spiro atoms. The third-order valence-corrected chi connectivity index (χ3v) is 4.29. The highest BCUT2D eigenvalue weighted by Gasteiger charge is 2.34. The minimum Gasteiger partial charge on any atom is -0.373 e. The van der Waals surface area contributed by atoms with Gasteiger partial charge in [-0.25, -0.2) is 4.98 Å². The number of pyridine rings is 1. The van der Waals surface area contributed by atoms with Crippen LogP contribution in [0.15, 0.2) is 12.1 Å². The van der Waals surface area contributed by atoms with Crippen molar-refractivity contribution in [1.29, 1.82) is 0 Å². The van der Waals surface area contributed by atoms with Crippen LogP contribution in [0, 0.1) is 11.8 Å². The van der Waals surface area contributed by atoms with Crippen molar-refractivity contribution < 1.29 is 13.2 Å². The molecule has 0 amide bonds. The van der Waals surface area contributed by atoms with Gasteiger partial charge >= 0.3 is 6.18 Å². The Morgan fingerprint density at radius 3 is 2.48 bits per heavy atom. The van der Waals surface area contributed by atoms with Gasteiger partial charge < -0.3 is 10.2 Å². The second-order valence-electron chi connectivity index (χ2n) is 6.06. The lowest BCUT2D eigenvalue weighted by atomic mass is 9.86. The number of rotatable bonds is 2. The lowest BCUT2D eigenvalue weighted by Crippen LogP contribution is -2.46. The third-order valence-electron chi connectivity index (χ3n) is 4.29. The fourth-order valence-corrected chi connectivity index (χ4v) is 2.97.